The second kappa shape index (κ2) is 6.84. The van der Waals surface area contributed by atoms with E-state index in [0.717, 1.165) is 36.5 Å². The van der Waals surface area contributed by atoms with E-state index in [1.165, 1.54) is 16.9 Å². The highest BCUT2D eigenvalue weighted by Gasteiger charge is 2.29. The van der Waals surface area contributed by atoms with Crippen LogP contribution in [0.25, 0.3) is 11.3 Å². The summed E-state index contributed by atoms with van der Waals surface area (Å²) in [6.45, 7) is 5.09. The number of fused-ring (bicyclic) bond motifs is 3. The average molecular weight is 356 g/mol. The molecule has 2 aliphatic heterocycles. The number of rotatable bonds is 4. The summed E-state index contributed by atoms with van der Waals surface area (Å²) in [6.07, 6.45) is 2.39. The molecule has 0 aliphatic carbocycles. The van der Waals surface area contributed by atoms with Crippen LogP contribution in [0.4, 0.5) is 0 Å². The van der Waals surface area contributed by atoms with Crippen LogP contribution in [0.2, 0.25) is 0 Å². The molecule has 3 heterocycles. The SMILES string of the molecule is CCN1CCC[C@H]1CNC(=O)c1nn(C)c2c1CSc1ccccc1-2. The molecule has 1 N–H and O–H groups in total. The number of nitrogens with one attached hydrogen (secondary N) is 1. The molecule has 25 heavy (non-hydrogen) atoms. The first-order valence-corrected chi connectivity index (χ1v) is 9.98. The lowest BCUT2D eigenvalue weighted by Gasteiger charge is -2.22. The topological polar surface area (TPSA) is 50.2 Å². The number of thioether (sulfide) groups is 1. The van der Waals surface area contributed by atoms with Crippen LogP contribution < -0.4 is 5.32 Å². The van der Waals surface area contributed by atoms with Crippen molar-refractivity contribution in [2.24, 2.45) is 7.05 Å². The molecule has 4 rings (SSSR count). The number of aromatic nitrogens is 2. The van der Waals surface area contributed by atoms with Gasteiger partial charge in [-0.05, 0) is 32.0 Å². The molecule has 6 heteroatoms. The molecule has 1 aromatic heterocycles. The van der Waals surface area contributed by atoms with Crippen LogP contribution in [0.3, 0.4) is 0 Å². The number of nitrogens with zero attached hydrogens (tertiary/aromatic N) is 3. The zero-order valence-electron chi connectivity index (χ0n) is 14.8. The number of aryl methyl sites for hydroxylation is 1. The van der Waals surface area contributed by atoms with Gasteiger partial charge in [0.1, 0.15) is 0 Å². The monoisotopic (exact) mass is 356 g/mol. The molecular formula is C19H24N4OS. The molecule has 1 saturated heterocycles. The lowest BCUT2D eigenvalue weighted by Crippen LogP contribution is -2.40. The number of likely N-dealkylation sites (N-methyl/N-ethyl adjacent to an activating group) is 1. The third-order valence-electron chi connectivity index (χ3n) is 5.28. The van der Waals surface area contributed by atoms with Gasteiger partial charge in [0.25, 0.3) is 5.91 Å². The van der Waals surface area contributed by atoms with E-state index in [2.05, 4.69) is 40.4 Å². The maximum Gasteiger partial charge on any atom is 0.272 e. The van der Waals surface area contributed by atoms with Crippen molar-refractivity contribution in [3.63, 3.8) is 0 Å². The first-order chi connectivity index (χ1) is 12.2. The Morgan fingerprint density at radius 1 is 1.40 bits per heavy atom. The van der Waals surface area contributed by atoms with E-state index >= 15 is 0 Å². The average Bonchev–Trinajstić information content (AvgIpc) is 3.23. The summed E-state index contributed by atoms with van der Waals surface area (Å²) >= 11 is 1.78. The van der Waals surface area contributed by atoms with Gasteiger partial charge in [-0.2, -0.15) is 5.10 Å². The van der Waals surface area contributed by atoms with E-state index in [1.807, 2.05) is 17.8 Å². The van der Waals surface area contributed by atoms with E-state index in [9.17, 15) is 4.79 Å². The van der Waals surface area contributed by atoms with Gasteiger partial charge in [0, 0.05) is 41.4 Å². The van der Waals surface area contributed by atoms with Crippen molar-refractivity contribution in [2.45, 2.75) is 36.5 Å². The normalized spacial score (nSPS) is 19.5. The van der Waals surface area contributed by atoms with Gasteiger partial charge in [0.05, 0.1) is 5.69 Å². The Morgan fingerprint density at radius 3 is 3.08 bits per heavy atom. The summed E-state index contributed by atoms with van der Waals surface area (Å²) in [4.78, 5) is 16.5. The molecule has 0 unspecified atom stereocenters. The van der Waals surface area contributed by atoms with Crippen molar-refractivity contribution >= 4 is 17.7 Å². The fourth-order valence-corrected chi connectivity index (χ4v) is 5.07. The highest BCUT2D eigenvalue weighted by atomic mass is 32.2. The number of amides is 1. The summed E-state index contributed by atoms with van der Waals surface area (Å²) in [6, 6.07) is 8.81. The first kappa shape index (κ1) is 16.7. The van der Waals surface area contributed by atoms with Gasteiger partial charge >= 0.3 is 0 Å². The minimum atomic E-state index is -0.0419. The summed E-state index contributed by atoms with van der Waals surface area (Å²) < 4.78 is 1.86. The standard InChI is InChI=1S/C19H24N4OS/c1-3-23-10-6-7-13(23)11-20-19(24)17-15-12-25-16-9-5-4-8-14(16)18(15)22(2)21-17/h4-5,8-9,13H,3,6-7,10-12H2,1-2H3,(H,20,24)/t13-/m0/s1. The maximum atomic E-state index is 12.8. The fourth-order valence-electron chi connectivity index (χ4n) is 4.00. The first-order valence-electron chi connectivity index (χ1n) is 8.99. The smallest absolute Gasteiger partial charge is 0.272 e. The fraction of sp³-hybridized carbons (Fsp3) is 0.474. The molecule has 1 atom stereocenters. The molecule has 132 valence electrons. The summed E-state index contributed by atoms with van der Waals surface area (Å²) in [5.41, 5.74) is 3.90. The van der Waals surface area contributed by atoms with Crippen LogP contribution in [-0.4, -0.2) is 46.3 Å². The lowest BCUT2D eigenvalue weighted by atomic mass is 10.1. The van der Waals surface area contributed by atoms with Crippen molar-refractivity contribution < 1.29 is 4.79 Å². The Kier molecular flexibility index (Phi) is 4.56. The Morgan fingerprint density at radius 2 is 2.24 bits per heavy atom. The number of carbonyl (C=O) groups is 1. The minimum absolute atomic E-state index is 0.0419. The van der Waals surface area contributed by atoms with Crippen LogP contribution >= 0.6 is 11.8 Å². The molecular weight excluding hydrogens is 332 g/mol. The highest BCUT2D eigenvalue weighted by molar-refractivity contribution is 7.98. The molecule has 5 nitrogen and oxygen atoms in total. The summed E-state index contributed by atoms with van der Waals surface area (Å²) in [7, 11) is 1.93. The van der Waals surface area contributed by atoms with E-state index in [1.54, 1.807) is 11.8 Å². The Bertz CT molecular complexity index is 801. The zero-order valence-corrected chi connectivity index (χ0v) is 15.6. The quantitative estimate of drug-likeness (QED) is 0.915. The van der Waals surface area contributed by atoms with E-state index < -0.39 is 0 Å². The number of hydrogen-bond donors (Lipinski definition) is 1. The molecule has 0 radical (unpaired) electrons. The lowest BCUT2D eigenvalue weighted by molar-refractivity contribution is 0.0935. The molecule has 0 spiro atoms. The second-order valence-electron chi connectivity index (χ2n) is 6.72. The van der Waals surface area contributed by atoms with Crippen molar-refractivity contribution in [1.82, 2.24) is 20.0 Å². The molecule has 0 bridgehead atoms. The zero-order chi connectivity index (χ0) is 17.4. The molecule has 1 fully saturated rings. The number of hydrogen-bond acceptors (Lipinski definition) is 4. The largest absolute Gasteiger partial charge is 0.349 e. The molecule has 1 aromatic carbocycles. The van der Waals surface area contributed by atoms with Crippen molar-refractivity contribution in [3.8, 4) is 11.3 Å². The summed E-state index contributed by atoms with van der Waals surface area (Å²) in [5.74, 6) is 0.757. The van der Waals surface area contributed by atoms with E-state index in [0.29, 0.717) is 18.3 Å². The van der Waals surface area contributed by atoms with Gasteiger partial charge in [-0.1, -0.05) is 25.1 Å². The highest BCUT2D eigenvalue weighted by Crippen LogP contribution is 2.42. The summed E-state index contributed by atoms with van der Waals surface area (Å²) in [5, 5.41) is 7.68. The van der Waals surface area contributed by atoms with Crippen molar-refractivity contribution in [3.05, 3.63) is 35.5 Å². The Balaban J connectivity index is 1.55. The third-order valence-corrected chi connectivity index (χ3v) is 6.38. The number of benzene rings is 1. The van der Waals surface area contributed by atoms with Gasteiger partial charge < -0.3 is 5.32 Å². The van der Waals surface area contributed by atoms with Crippen LogP contribution in [0.5, 0.6) is 0 Å². The van der Waals surface area contributed by atoms with Crippen LogP contribution in [0.15, 0.2) is 29.2 Å². The molecule has 1 amide bonds. The van der Waals surface area contributed by atoms with Gasteiger partial charge in [-0.3, -0.25) is 14.4 Å². The van der Waals surface area contributed by atoms with Crippen LogP contribution in [0, 0.1) is 0 Å². The minimum Gasteiger partial charge on any atom is -0.349 e. The molecule has 2 aliphatic rings. The van der Waals surface area contributed by atoms with Crippen LogP contribution in [-0.2, 0) is 12.8 Å². The predicted molar refractivity (Wildman–Crippen MR) is 101 cm³/mol. The van der Waals surface area contributed by atoms with E-state index in [4.69, 9.17) is 0 Å². The molecule has 0 saturated carbocycles. The van der Waals surface area contributed by atoms with E-state index in [-0.39, 0.29) is 5.91 Å². The third kappa shape index (κ3) is 2.98. The maximum absolute atomic E-state index is 12.8. The second-order valence-corrected chi connectivity index (χ2v) is 7.74. The Labute approximate surface area is 152 Å². The Hall–Kier alpha value is -1.79. The van der Waals surface area contributed by atoms with Gasteiger partial charge in [-0.15, -0.1) is 11.8 Å². The number of carbonyl (C=O) groups excluding carboxylic acids is 1. The number of likely N-dealkylation sites (tertiary alicyclic amines) is 1. The predicted octanol–water partition coefficient (Wildman–Crippen LogP) is 2.91. The van der Waals surface area contributed by atoms with Gasteiger partial charge in [0.2, 0.25) is 0 Å². The van der Waals surface area contributed by atoms with Gasteiger partial charge in [0.15, 0.2) is 5.69 Å². The van der Waals surface area contributed by atoms with Crippen LogP contribution in [0.1, 0.15) is 35.8 Å². The van der Waals surface area contributed by atoms with Crippen molar-refractivity contribution in [1.29, 1.82) is 0 Å². The van der Waals surface area contributed by atoms with Gasteiger partial charge in [-0.25, -0.2) is 0 Å². The van der Waals surface area contributed by atoms with Crippen molar-refractivity contribution in [2.75, 3.05) is 19.6 Å². The molecule has 2 aromatic rings.